The van der Waals surface area contributed by atoms with Crippen LogP contribution < -0.4 is 11.3 Å². The molecule has 0 unspecified atom stereocenters. The third-order valence-corrected chi connectivity index (χ3v) is 8.19. The number of nitrogen functional groups attached to an aromatic ring is 1. The van der Waals surface area contributed by atoms with Gasteiger partial charge in [-0.1, -0.05) is 23.9 Å². The summed E-state index contributed by atoms with van der Waals surface area (Å²) in [7, 11) is 4.10. The Morgan fingerprint density at radius 3 is 2.82 bits per heavy atom. The van der Waals surface area contributed by atoms with E-state index in [-0.39, 0.29) is 5.56 Å². The van der Waals surface area contributed by atoms with Crippen molar-refractivity contribution in [3.63, 3.8) is 0 Å². The van der Waals surface area contributed by atoms with Crippen molar-refractivity contribution in [2.24, 2.45) is 0 Å². The van der Waals surface area contributed by atoms with E-state index in [4.69, 9.17) is 10.7 Å². The van der Waals surface area contributed by atoms with Crippen LogP contribution in [0.4, 0.5) is 5.82 Å². The summed E-state index contributed by atoms with van der Waals surface area (Å²) in [5.74, 6) is 1.64. The first-order valence-electron chi connectivity index (χ1n) is 11.3. The lowest BCUT2D eigenvalue weighted by Crippen LogP contribution is -2.26. The zero-order valence-electron chi connectivity index (χ0n) is 19.0. The molecule has 2 N–H and O–H groups in total. The highest BCUT2D eigenvalue weighted by molar-refractivity contribution is 7.98. The van der Waals surface area contributed by atoms with Gasteiger partial charge in [-0.15, -0.1) is 11.3 Å². The van der Waals surface area contributed by atoms with Gasteiger partial charge in [-0.05, 0) is 70.4 Å². The highest BCUT2D eigenvalue weighted by Crippen LogP contribution is 2.35. The number of nitrogens with two attached hydrogens (primary N) is 1. The molecule has 0 spiro atoms. The second-order valence-corrected chi connectivity index (χ2v) is 10.8. The molecule has 0 bridgehead atoms. The van der Waals surface area contributed by atoms with Gasteiger partial charge >= 0.3 is 0 Å². The summed E-state index contributed by atoms with van der Waals surface area (Å²) in [5, 5.41) is 2.44. The van der Waals surface area contributed by atoms with Gasteiger partial charge < -0.3 is 10.6 Å². The SMILES string of the molecule is CN(C)CCCn1c(SCc2nc(N)c3ccccc3n2)nc2sc3c(c2c1=O)CCCC3. The lowest BCUT2D eigenvalue weighted by Gasteiger charge is -2.15. The number of thioether (sulfide) groups is 1. The fourth-order valence-corrected chi connectivity index (χ4v) is 6.60. The summed E-state index contributed by atoms with van der Waals surface area (Å²) in [4.78, 5) is 32.2. The minimum absolute atomic E-state index is 0.0969. The average molecular weight is 481 g/mol. The maximum atomic E-state index is 13.6. The Labute approximate surface area is 201 Å². The molecule has 0 fully saturated rings. The molecule has 0 saturated heterocycles. The number of fused-ring (bicyclic) bond motifs is 4. The molecule has 1 aliphatic carbocycles. The van der Waals surface area contributed by atoms with E-state index in [2.05, 4.69) is 29.0 Å². The van der Waals surface area contributed by atoms with Crippen molar-refractivity contribution in [3.05, 3.63) is 50.9 Å². The molecule has 0 radical (unpaired) electrons. The zero-order chi connectivity index (χ0) is 22.9. The Bertz CT molecular complexity index is 1380. The van der Waals surface area contributed by atoms with Crippen LogP contribution in [-0.2, 0) is 25.1 Å². The Morgan fingerprint density at radius 1 is 1.15 bits per heavy atom. The minimum atomic E-state index is 0.0969. The summed E-state index contributed by atoms with van der Waals surface area (Å²) in [6.45, 7) is 1.56. The predicted molar refractivity (Wildman–Crippen MR) is 137 cm³/mol. The maximum Gasteiger partial charge on any atom is 0.263 e. The number of thiophene rings is 1. The lowest BCUT2D eigenvalue weighted by atomic mass is 9.97. The summed E-state index contributed by atoms with van der Waals surface area (Å²) in [6.07, 6.45) is 5.28. The van der Waals surface area contributed by atoms with Gasteiger partial charge in [-0.3, -0.25) is 9.36 Å². The van der Waals surface area contributed by atoms with E-state index in [0.717, 1.165) is 58.5 Å². The van der Waals surface area contributed by atoms with Crippen LogP contribution >= 0.6 is 23.1 Å². The monoisotopic (exact) mass is 480 g/mol. The van der Waals surface area contributed by atoms with Gasteiger partial charge in [0.1, 0.15) is 16.5 Å². The van der Waals surface area contributed by atoms with Crippen LogP contribution in [0.5, 0.6) is 0 Å². The van der Waals surface area contributed by atoms with E-state index >= 15 is 0 Å². The molecule has 1 aliphatic rings. The fourth-order valence-electron chi connectivity index (χ4n) is 4.42. The van der Waals surface area contributed by atoms with Crippen LogP contribution in [0.3, 0.4) is 0 Å². The molecule has 0 aliphatic heterocycles. The standard InChI is InChI=1S/C24H28N6OS2/c1-29(2)12-7-13-30-23(31)20-16-9-4-6-11-18(16)33-22(20)28-24(30)32-14-19-26-17-10-5-3-8-15(17)21(25)27-19/h3,5,8,10H,4,6-7,9,11-14H2,1-2H3,(H2,25,26,27). The van der Waals surface area contributed by atoms with Crippen molar-refractivity contribution in [1.29, 1.82) is 0 Å². The second kappa shape index (κ2) is 9.40. The molecular weight excluding hydrogens is 452 g/mol. The zero-order valence-corrected chi connectivity index (χ0v) is 20.6. The van der Waals surface area contributed by atoms with E-state index in [1.54, 1.807) is 11.3 Å². The molecule has 0 amide bonds. The third kappa shape index (κ3) is 4.49. The largest absolute Gasteiger partial charge is 0.383 e. The van der Waals surface area contributed by atoms with Gasteiger partial charge in [-0.2, -0.15) is 0 Å². The van der Waals surface area contributed by atoms with Crippen LogP contribution in [0.2, 0.25) is 0 Å². The third-order valence-electron chi connectivity index (χ3n) is 6.04. The Balaban J connectivity index is 1.51. The van der Waals surface area contributed by atoms with Crippen molar-refractivity contribution < 1.29 is 0 Å². The van der Waals surface area contributed by atoms with Crippen molar-refractivity contribution >= 4 is 50.0 Å². The highest BCUT2D eigenvalue weighted by Gasteiger charge is 2.22. The van der Waals surface area contributed by atoms with Crippen molar-refractivity contribution in [3.8, 4) is 0 Å². The molecule has 0 saturated carbocycles. The molecule has 3 heterocycles. The van der Waals surface area contributed by atoms with E-state index in [1.165, 1.54) is 28.6 Å². The molecule has 33 heavy (non-hydrogen) atoms. The minimum Gasteiger partial charge on any atom is -0.383 e. The first kappa shape index (κ1) is 22.3. The van der Waals surface area contributed by atoms with E-state index in [9.17, 15) is 4.79 Å². The van der Waals surface area contributed by atoms with Crippen LogP contribution in [-0.4, -0.2) is 45.1 Å². The van der Waals surface area contributed by atoms with Gasteiger partial charge in [0.05, 0.1) is 16.7 Å². The lowest BCUT2D eigenvalue weighted by molar-refractivity contribution is 0.379. The van der Waals surface area contributed by atoms with Gasteiger partial charge in [0, 0.05) is 16.8 Å². The summed E-state index contributed by atoms with van der Waals surface area (Å²) in [6, 6.07) is 7.75. The molecule has 7 nitrogen and oxygen atoms in total. The topological polar surface area (TPSA) is 89.9 Å². The van der Waals surface area contributed by atoms with Gasteiger partial charge in [0.2, 0.25) is 0 Å². The number of aryl methyl sites for hydroxylation is 2. The molecule has 3 aromatic heterocycles. The number of hydrogen-bond donors (Lipinski definition) is 1. The summed E-state index contributed by atoms with van der Waals surface area (Å²) >= 11 is 3.21. The molecule has 172 valence electrons. The van der Waals surface area contributed by atoms with Crippen LogP contribution in [0, 0.1) is 0 Å². The summed E-state index contributed by atoms with van der Waals surface area (Å²) in [5.41, 5.74) is 8.34. The molecule has 5 rings (SSSR count). The van der Waals surface area contributed by atoms with Crippen molar-refractivity contribution in [1.82, 2.24) is 24.4 Å². The van der Waals surface area contributed by atoms with Gasteiger partial charge in [0.25, 0.3) is 5.56 Å². The smallest absolute Gasteiger partial charge is 0.263 e. The Morgan fingerprint density at radius 2 is 1.97 bits per heavy atom. The van der Waals surface area contributed by atoms with E-state index in [1.807, 2.05) is 28.8 Å². The Kier molecular flexibility index (Phi) is 6.36. The molecule has 4 aromatic rings. The average Bonchev–Trinajstić information content (AvgIpc) is 3.18. The number of hydrogen-bond acceptors (Lipinski definition) is 8. The van der Waals surface area contributed by atoms with Crippen molar-refractivity contribution in [2.75, 3.05) is 26.4 Å². The number of benzene rings is 1. The number of aromatic nitrogens is 4. The van der Waals surface area contributed by atoms with Crippen molar-refractivity contribution in [2.45, 2.75) is 49.6 Å². The first-order chi connectivity index (χ1) is 16.0. The molecule has 0 atom stereocenters. The maximum absolute atomic E-state index is 13.6. The number of anilines is 1. The normalized spacial score (nSPS) is 13.8. The molecule has 1 aromatic carbocycles. The van der Waals surface area contributed by atoms with Gasteiger partial charge in [-0.25, -0.2) is 15.0 Å². The fraction of sp³-hybridized carbons (Fsp3) is 0.417. The quantitative estimate of drug-likeness (QED) is 0.314. The van der Waals surface area contributed by atoms with Crippen LogP contribution in [0.1, 0.15) is 35.5 Å². The highest BCUT2D eigenvalue weighted by atomic mass is 32.2. The predicted octanol–water partition coefficient (Wildman–Crippen LogP) is 4.11. The van der Waals surface area contributed by atoms with Crippen LogP contribution in [0.25, 0.3) is 21.1 Å². The number of para-hydroxylation sites is 1. The molecule has 9 heteroatoms. The first-order valence-corrected chi connectivity index (χ1v) is 13.1. The van der Waals surface area contributed by atoms with E-state index in [0.29, 0.717) is 23.9 Å². The van der Waals surface area contributed by atoms with Gasteiger partial charge in [0.15, 0.2) is 5.16 Å². The van der Waals surface area contributed by atoms with E-state index < -0.39 is 0 Å². The molecular formula is C24H28N6OS2. The summed E-state index contributed by atoms with van der Waals surface area (Å²) < 4.78 is 1.86. The Hall–Kier alpha value is -2.49. The second-order valence-electron chi connectivity index (χ2n) is 8.73. The van der Waals surface area contributed by atoms with Crippen LogP contribution in [0.15, 0.2) is 34.2 Å². The number of nitrogens with zero attached hydrogens (tertiary/aromatic N) is 5. The number of rotatable bonds is 7.